The largest absolute Gasteiger partial charge is 0.338 e. The SMILES string of the molecule is Cc1ccc(CNCC2(F)CCN(C(=O)c3ccc(F)c(F)c3)CC2)nc1. The molecule has 144 valence electrons. The molecule has 1 aliphatic rings. The van der Waals surface area contributed by atoms with Gasteiger partial charge in [-0.05, 0) is 36.8 Å². The van der Waals surface area contributed by atoms with Gasteiger partial charge in [-0.25, -0.2) is 13.2 Å². The fourth-order valence-corrected chi connectivity index (χ4v) is 3.12. The van der Waals surface area contributed by atoms with Gasteiger partial charge in [0.15, 0.2) is 11.6 Å². The Morgan fingerprint density at radius 3 is 2.56 bits per heavy atom. The van der Waals surface area contributed by atoms with Gasteiger partial charge in [-0.3, -0.25) is 9.78 Å². The molecule has 1 aliphatic heterocycles. The van der Waals surface area contributed by atoms with Crippen LogP contribution in [0.3, 0.4) is 0 Å². The van der Waals surface area contributed by atoms with Crippen molar-refractivity contribution in [2.75, 3.05) is 19.6 Å². The maximum Gasteiger partial charge on any atom is 0.253 e. The Morgan fingerprint density at radius 1 is 1.19 bits per heavy atom. The number of pyridine rings is 1. The molecule has 1 N–H and O–H groups in total. The molecule has 0 radical (unpaired) electrons. The van der Waals surface area contributed by atoms with E-state index in [0.29, 0.717) is 6.54 Å². The molecule has 1 amide bonds. The van der Waals surface area contributed by atoms with Crippen LogP contribution in [0.4, 0.5) is 13.2 Å². The van der Waals surface area contributed by atoms with Crippen molar-refractivity contribution >= 4 is 5.91 Å². The van der Waals surface area contributed by atoms with Crippen molar-refractivity contribution in [1.82, 2.24) is 15.2 Å². The summed E-state index contributed by atoms with van der Waals surface area (Å²) in [7, 11) is 0. The van der Waals surface area contributed by atoms with E-state index in [0.717, 1.165) is 23.4 Å². The van der Waals surface area contributed by atoms with Gasteiger partial charge in [0.25, 0.3) is 5.91 Å². The zero-order valence-electron chi connectivity index (χ0n) is 15.1. The lowest BCUT2D eigenvalue weighted by molar-refractivity contribution is 0.0434. The highest BCUT2D eigenvalue weighted by atomic mass is 19.2. The summed E-state index contributed by atoms with van der Waals surface area (Å²) in [5, 5.41) is 3.09. The summed E-state index contributed by atoms with van der Waals surface area (Å²) < 4.78 is 41.3. The Morgan fingerprint density at radius 2 is 1.93 bits per heavy atom. The van der Waals surface area contributed by atoms with Crippen molar-refractivity contribution in [2.45, 2.75) is 32.0 Å². The van der Waals surface area contributed by atoms with Crippen LogP contribution in [0.2, 0.25) is 0 Å². The molecular formula is C20H22F3N3O. The number of hydrogen-bond acceptors (Lipinski definition) is 3. The number of nitrogens with one attached hydrogen (secondary N) is 1. The van der Waals surface area contributed by atoms with E-state index in [1.54, 1.807) is 6.20 Å². The van der Waals surface area contributed by atoms with Gasteiger partial charge in [0.1, 0.15) is 5.67 Å². The maximum atomic E-state index is 15.0. The van der Waals surface area contributed by atoms with Crippen molar-refractivity contribution in [3.05, 3.63) is 65.0 Å². The van der Waals surface area contributed by atoms with Gasteiger partial charge in [0.05, 0.1) is 5.69 Å². The molecule has 0 unspecified atom stereocenters. The second-order valence-corrected chi connectivity index (χ2v) is 7.00. The van der Waals surface area contributed by atoms with Crippen LogP contribution in [-0.4, -0.2) is 41.1 Å². The average Bonchev–Trinajstić information content (AvgIpc) is 2.66. The van der Waals surface area contributed by atoms with Crippen LogP contribution < -0.4 is 5.32 Å². The summed E-state index contributed by atoms with van der Waals surface area (Å²) in [5.74, 6) is -2.47. The number of carbonyl (C=O) groups is 1. The lowest BCUT2D eigenvalue weighted by atomic mass is 9.92. The lowest BCUT2D eigenvalue weighted by Gasteiger charge is -2.36. The number of rotatable bonds is 5. The fourth-order valence-electron chi connectivity index (χ4n) is 3.12. The fraction of sp³-hybridized carbons (Fsp3) is 0.400. The molecule has 1 saturated heterocycles. The third kappa shape index (κ3) is 4.86. The van der Waals surface area contributed by atoms with Crippen molar-refractivity contribution in [3.8, 4) is 0 Å². The molecule has 4 nitrogen and oxygen atoms in total. The normalized spacial score (nSPS) is 16.4. The van der Waals surface area contributed by atoms with Crippen LogP contribution in [-0.2, 0) is 6.54 Å². The van der Waals surface area contributed by atoms with Gasteiger partial charge in [-0.2, -0.15) is 0 Å². The summed E-state index contributed by atoms with van der Waals surface area (Å²) in [6.45, 7) is 3.08. The summed E-state index contributed by atoms with van der Waals surface area (Å²) in [5.41, 5.74) is 0.577. The first-order valence-electron chi connectivity index (χ1n) is 8.92. The third-order valence-electron chi connectivity index (χ3n) is 4.83. The second kappa shape index (κ2) is 8.08. The molecule has 0 spiro atoms. The molecule has 3 rings (SSSR count). The molecule has 7 heteroatoms. The molecule has 27 heavy (non-hydrogen) atoms. The Labute approximate surface area is 156 Å². The molecule has 0 bridgehead atoms. The maximum absolute atomic E-state index is 15.0. The van der Waals surface area contributed by atoms with Crippen molar-refractivity contribution in [2.24, 2.45) is 0 Å². The van der Waals surface area contributed by atoms with E-state index in [1.807, 2.05) is 19.1 Å². The highest BCUT2D eigenvalue weighted by molar-refractivity contribution is 5.94. The summed E-state index contributed by atoms with van der Waals surface area (Å²) in [6.07, 6.45) is 2.15. The zero-order chi connectivity index (χ0) is 19.4. The van der Waals surface area contributed by atoms with Gasteiger partial charge >= 0.3 is 0 Å². The van der Waals surface area contributed by atoms with Gasteiger partial charge in [0.2, 0.25) is 0 Å². The highest BCUT2D eigenvalue weighted by Crippen LogP contribution is 2.27. The number of alkyl halides is 1. The first-order valence-corrected chi connectivity index (χ1v) is 8.92. The molecule has 1 aromatic carbocycles. The topological polar surface area (TPSA) is 45.2 Å². The van der Waals surface area contributed by atoms with Gasteiger partial charge < -0.3 is 10.2 Å². The predicted octanol–water partition coefficient (Wildman–Crippen LogP) is 3.40. The lowest BCUT2D eigenvalue weighted by Crippen LogP contribution is -2.48. The molecule has 0 atom stereocenters. The van der Waals surface area contributed by atoms with Crippen LogP contribution in [0, 0.1) is 18.6 Å². The van der Waals surface area contributed by atoms with Crippen molar-refractivity contribution in [3.63, 3.8) is 0 Å². The van der Waals surface area contributed by atoms with Crippen LogP contribution >= 0.6 is 0 Å². The summed E-state index contributed by atoms with van der Waals surface area (Å²) >= 11 is 0. The second-order valence-electron chi connectivity index (χ2n) is 7.00. The Bertz CT molecular complexity index is 803. The van der Waals surface area contributed by atoms with Crippen LogP contribution in [0.25, 0.3) is 0 Å². The van der Waals surface area contributed by atoms with Gasteiger partial charge in [-0.1, -0.05) is 6.07 Å². The van der Waals surface area contributed by atoms with Crippen molar-refractivity contribution in [1.29, 1.82) is 0 Å². The number of piperidine rings is 1. The number of aromatic nitrogens is 1. The molecule has 0 saturated carbocycles. The zero-order valence-corrected chi connectivity index (χ0v) is 15.1. The molecule has 0 aliphatic carbocycles. The van der Waals surface area contributed by atoms with E-state index in [1.165, 1.54) is 11.0 Å². The van der Waals surface area contributed by atoms with E-state index in [4.69, 9.17) is 0 Å². The number of likely N-dealkylation sites (tertiary alicyclic amines) is 1. The highest BCUT2D eigenvalue weighted by Gasteiger charge is 2.36. The van der Waals surface area contributed by atoms with E-state index in [2.05, 4.69) is 10.3 Å². The minimum absolute atomic E-state index is 0.0730. The van der Waals surface area contributed by atoms with E-state index < -0.39 is 23.2 Å². The van der Waals surface area contributed by atoms with Crippen molar-refractivity contribution < 1.29 is 18.0 Å². The van der Waals surface area contributed by atoms with E-state index in [9.17, 15) is 18.0 Å². The third-order valence-corrected chi connectivity index (χ3v) is 4.83. The van der Waals surface area contributed by atoms with E-state index >= 15 is 0 Å². The molecule has 2 heterocycles. The summed E-state index contributed by atoms with van der Waals surface area (Å²) in [4.78, 5) is 18.1. The standard InChI is InChI=1S/C20H22F3N3O/c1-14-2-4-16(25-11-14)12-24-13-20(23)6-8-26(9-7-20)19(27)15-3-5-17(21)18(22)10-15/h2-5,10-11,24H,6-9,12-13H2,1H3. The Balaban J connectivity index is 1.50. The summed E-state index contributed by atoms with van der Waals surface area (Å²) in [6, 6.07) is 6.90. The number of aryl methyl sites for hydroxylation is 1. The number of nitrogens with zero attached hydrogens (tertiary/aromatic N) is 2. The van der Waals surface area contributed by atoms with E-state index in [-0.39, 0.29) is 38.0 Å². The quantitative estimate of drug-likeness (QED) is 0.869. The van der Waals surface area contributed by atoms with Crippen LogP contribution in [0.1, 0.15) is 34.5 Å². The minimum Gasteiger partial charge on any atom is -0.338 e. The molecule has 1 aromatic heterocycles. The van der Waals surface area contributed by atoms with Gasteiger partial charge in [-0.15, -0.1) is 0 Å². The molecule has 1 fully saturated rings. The van der Waals surface area contributed by atoms with Gasteiger partial charge in [0, 0.05) is 50.8 Å². The predicted molar refractivity (Wildman–Crippen MR) is 96.0 cm³/mol. The average molecular weight is 377 g/mol. The molecule has 2 aromatic rings. The Kier molecular flexibility index (Phi) is 5.79. The monoisotopic (exact) mass is 377 g/mol. The van der Waals surface area contributed by atoms with Crippen LogP contribution in [0.15, 0.2) is 36.5 Å². The number of benzene rings is 1. The number of halogens is 3. The first-order chi connectivity index (χ1) is 12.9. The Hall–Kier alpha value is -2.41. The minimum atomic E-state index is -1.41. The molecular weight excluding hydrogens is 355 g/mol. The number of hydrogen-bond donors (Lipinski definition) is 1. The number of amides is 1. The number of carbonyl (C=O) groups excluding carboxylic acids is 1. The smallest absolute Gasteiger partial charge is 0.253 e. The first kappa shape index (κ1) is 19.4. The van der Waals surface area contributed by atoms with Crippen LogP contribution in [0.5, 0.6) is 0 Å².